The van der Waals surface area contributed by atoms with Crippen LogP contribution in [0.5, 0.6) is 0 Å². The molecule has 1 aromatic heterocycles. The number of halogens is 1. The van der Waals surface area contributed by atoms with Crippen LogP contribution in [0, 0.1) is 5.92 Å². The first-order valence-corrected chi connectivity index (χ1v) is 10.8. The minimum Gasteiger partial charge on any atom is -0.335 e. The Balaban J connectivity index is 1.49. The molecule has 2 N–H and O–H groups in total. The van der Waals surface area contributed by atoms with Crippen molar-refractivity contribution in [2.45, 2.75) is 38.6 Å². The summed E-state index contributed by atoms with van der Waals surface area (Å²) in [5.41, 5.74) is 0.807. The Morgan fingerprint density at radius 1 is 1.27 bits per heavy atom. The summed E-state index contributed by atoms with van der Waals surface area (Å²) in [6.07, 6.45) is 3.79. The summed E-state index contributed by atoms with van der Waals surface area (Å²) in [7, 11) is -3.12. The van der Waals surface area contributed by atoms with Crippen molar-refractivity contribution in [3.63, 3.8) is 0 Å². The van der Waals surface area contributed by atoms with E-state index in [0.717, 1.165) is 31.2 Å². The van der Waals surface area contributed by atoms with Gasteiger partial charge in [-0.15, -0.1) is 0 Å². The number of nitrogens with zero attached hydrogens (tertiary/aromatic N) is 2. The lowest BCUT2D eigenvalue weighted by Crippen LogP contribution is -2.34. The average molecular weight is 399 g/mol. The van der Waals surface area contributed by atoms with E-state index >= 15 is 0 Å². The molecule has 0 saturated heterocycles. The Hall–Kier alpha value is -1.64. The lowest BCUT2D eigenvalue weighted by molar-refractivity contribution is 0.330. The van der Waals surface area contributed by atoms with Crippen molar-refractivity contribution in [1.82, 2.24) is 14.9 Å². The average Bonchev–Trinajstić information content (AvgIpc) is 3.10. The monoisotopic (exact) mass is 398 g/mol. The van der Waals surface area contributed by atoms with E-state index in [1.54, 1.807) is 19.1 Å². The van der Waals surface area contributed by atoms with Gasteiger partial charge in [0.05, 0.1) is 5.75 Å². The van der Waals surface area contributed by atoms with E-state index in [1.165, 1.54) is 0 Å². The van der Waals surface area contributed by atoms with Crippen LogP contribution in [0.4, 0.5) is 6.01 Å². The molecule has 0 radical (unpaired) electrons. The van der Waals surface area contributed by atoms with Crippen LogP contribution in [0.1, 0.15) is 32.6 Å². The first-order chi connectivity index (χ1) is 12.4. The molecular weight excluding hydrogens is 376 g/mol. The van der Waals surface area contributed by atoms with Crippen molar-refractivity contribution in [3.8, 4) is 11.4 Å². The number of benzene rings is 1. The van der Waals surface area contributed by atoms with Crippen molar-refractivity contribution >= 4 is 27.6 Å². The summed E-state index contributed by atoms with van der Waals surface area (Å²) < 4.78 is 31.0. The van der Waals surface area contributed by atoms with Crippen LogP contribution >= 0.6 is 11.6 Å². The van der Waals surface area contributed by atoms with Gasteiger partial charge in [0.1, 0.15) is 0 Å². The van der Waals surface area contributed by atoms with Gasteiger partial charge in [0.25, 0.3) is 0 Å². The standard InChI is InChI=1S/C17H23ClN4O3S/c1-2-26(23,24)19-11-12-6-8-15(9-7-12)20-17-21-16(22-25-17)13-4-3-5-14(18)10-13/h3-5,10,12,15,19H,2,6-9,11H2,1H3,(H,20,21,22). The summed E-state index contributed by atoms with van der Waals surface area (Å²) in [6, 6.07) is 7.96. The molecule has 0 spiro atoms. The minimum atomic E-state index is -3.12. The van der Waals surface area contributed by atoms with E-state index in [2.05, 4.69) is 20.2 Å². The Morgan fingerprint density at radius 2 is 2.04 bits per heavy atom. The number of nitrogens with one attached hydrogen (secondary N) is 2. The molecule has 2 aromatic rings. The second-order valence-electron chi connectivity index (χ2n) is 6.55. The molecule has 0 atom stereocenters. The van der Waals surface area contributed by atoms with Crippen LogP contribution in [0.25, 0.3) is 11.4 Å². The highest BCUT2D eigenvalue weighted by Crippen LogP contribution is 2.27. The van der Waals surface area contributed by atoms with Gasteiger partial charge in [-0.2, -0.15) is 4.98 Å². The molecular formula is C17H23ClN4O3S. The molecule has 7 nitrogen and oxygen atoms in total. The molecule has 0 aliphatic heterocycles. The van der Waals surface area contributed by atoms with E-state index in [9.17, 15) is 8.42 Å². The van der Waals surface area contributed by atoms with Gasteiger partial charge in [-0.1, -0.05) is 28.9 Å². The molecule has 1 heterocycles. The minimum absolute atomic E-state index is 0.121. The molecule has 142 valence electrons. The molecule has 0 unspecified atom stereocenters. The van der Waals surface area contributed by atoms with Gasteiger partial charge in [-0.3, -0.25) is 0 Å². The number of rotatable bonds is 7. The molecule has 9 heteroatoms. The topological polar surface area (TPSA) is 97.1 Å². The third-order valence-electron chi connectivity index (χ3n) is 4.66. The molecule has 1 aromatic carbocycles. The highest BCUT2D eigenvalue weighted by molar-refractivity contribution is 7.89. The zero-order chi connectivity index (χ0) is 18.6. The van der Waals surface area contributed by atoms with Gasteiger partial charge in [0, 0.05) is 23.2 Å². The third-order valence-corrected chi connectivity index (χ3v) is 6.26. The quantitative estimate of drug-likeness (QED) is 0.742. The Bertz CT molecular complexity index is 832. The van der Waals surface area contributed by atoms with E-state index in [4.69, 9.17) is 16.1 Å². The molecule has 0 amide bonds. The van der Waals surface area contributed by atoms with Crippen molar-refractivity contribution in [3.05, 3.63) is 29.3 Å². The number of hydrogen-bond acceptors (Lipinski definition) is 6. The van der Waals surface area contributed by atoms with Crippen molar-refractivity contribution < 1.29 is 12.9 Å². The molecule has 26 heavy (non-hydrogen) atoms. The zero-order valence-corrected chi connectivity index (χ0v) is 16.2. The van der Waals surface area contributed by atoms with Crippen molar-refractivity contribution in [2.75, 3.05) is 17.6 Å². The molecule has 3 rings (SSSR count). The zero-order valence-electron chi connectivity index (χ0n) is 14.6. The van der Waals surface area contributed by atoms with Crippen molar-refractivity contribution in [2.24, 2.45) is 5.92 Å². The van der Waals surface area contributed by atoms with Crippen LogP contribution in [-0.4, -0.2) is 36.9 Å². The Labute approximate surface area is 158 Å². The van der Waals surface area contributed by atoms with Crippen LogP contribution < -0.4 is 10.0 Å². The second-order valence-corrected chi connectivity index (χ2v) is 9.08. The van der Waals surface area contributed by atoms with Crippen LogP contribution in [-0.2, 0) is 10.0 Å². The maximum Gasteiger partial charge on any atom is 0.322 e. The highest BCUT2D eigenvalue weighted by atomic mass is 35.5. The highest BCUT2D eigenvalue weighted by Gasteiger charge is 2.23. The van der Waals surface area contributed by atoms with Gasteiger partial charge < -0.3 is 9.84 Å². The fourth-order valence-corrected chi connectivity index (χ4v) is 3.94. The van der Waals surface area contributed by atoms with Crippen LogP contribution in [0.3, 0.4) is 0 Å². The Kier molecular flexibility index (Phi) is 6.16. The SMILES string of the molecule is CCS(=O)(=O)NCC1CCC(Nc2nc(-c3cccc(Cl)c3)no2)CC1. The van der Waals surface area contributed by atoms with E-state index in [1.807, 2.05) is 12.1 Å². The predicted molar refractivity (Wildman–Crippen MR) is 102 cm³/mol. The number of aromatic nitrogens is 2. The molecule has 1 saturated carbocycles. The second kappa shape index (κ2) is 8.37. The smallest absolute Gasteiger partial charge is 0.322 e. The number of anilines is 1. The lowest BCUT2D eigenvalue weighted by atomic mass is 9.86. The largest absolute Gasteiger partial charge is 0.335 e. The normalized spacial score (nSPS) is 20.8. The van der Waals surface area contributed by atoms with Gasteiger partial charge in [0.15, 0.2) is 0 Å². The first-order valence-electron chi connectivity index (χ1n) is 8.78. The van der Waals surface area contributed by atoms with Gasteiger partial charge in [-0.25, -0.2) is 13.1 Å². The fourth-order valence-electron chi connectivity index (χ4n) is 3.06. The van der Waals surface area contributed by atoms with Crippen molar-refractivity contribution in [1.29, 1.82) is 0 Å². The maximum absolute atomic E-state index is 11.5. The van der Waals surface area contributed by atoms with E-state index in [-0.39, 0.29) is 11.8 Å². The summed E-state index contributed by atoms with van der Waals surface area (Å²) >= 11 is 5.99. The first kappa shape index (κ1) is 19.1. The fraction of sp³-hybridized carbons (Fsp3) is 0.529. The summed E-state index contributed by atoms with van der Waals surface area (Å²) in [6.45, 7) is 2.16. The van der Waals surface area contributed by atoms with Crippen LogP contribution in [0.15, 0.2) is 28.8 Å². The third kappa shape index (κ3) is 5.18. The van der Waals surface area contributed by atoms with E-state index < -0.39 is 10.0 Å². The number of sulfonamides is 1. The van der Waals surface area contributed by atoms with Gasteiger partial charge in [0.2, 0.25) is 15.8 Å². The number of hydrogen-bond donors (Lipinski definition) is 2. The molecule has 1 aliphatic carbocycles. The Morgan fingerprint density at radius 3 is 2.73 bits per heavy atom. The molecule has 1 aliphatic rings. The van der Waals surface area contributed by atoms with Crippen LogP contribution in [0.2, 0.25) is 5.02 Å². The summed E-state index contributed by atoms with van der Waals surface area (Å²) in [5, 5.41) is 7.89. The maximum atomic E-state index is 11.5. The van der Waals surface area contributed by atoms with Gasteiger partial charge in [-0.05, 0) is 50.7 Å². The summed E-state index contributed by atoms with van der Waals surface area (Å²) in [5.74, 6) is 0.993. The lowest BCUT2D eigenvalue weighted by Gasteiger charge is -2.28. The van der Waals surface area contributed by atoms with Gasteiger partial charge >= 0.3 is 6.01 Å². The molecule has 0 bridgehead atoms. The van der Waals surface area contributed by atoms with E-state index in [0.29, 0.717) is 29.3 Å². The summed E-state index contributed by atoms with van der Waals surface area (Å²) in [4.78, 5) is 4.38. The molecule has 1 fully saturated rings. The predicted octanol–water partition coefficient (Wildman–Crippen LogP) is 3.30.